The summed E-state index contributed by atoms with van der Waals surface area (Å²) in [6.45, 7) is 0.234. The maximum Gasteiger partial charge on any atom is 0.251 e. The highest BCUT2D eigenvalue weighted by Crippen LogP contribution is 2.18. The molecule has 2 aromatic rings. The summed E-state index contributed by atoms with van der Waals surface area (Å²) in [6.07, 6.45) is 0. The molecule has 1 heterocycles. The highest BCUT2D eigenvalue weighted by Gasteiger charge is 2.03. The summed E-state index contributed by atoms with van der Waals surface area (Å²) < 4.78 is 0. The Hall–Kier alpha value is -1.65. The number of halogens is 1. The molecule has 1 aromatic heterocycles. The van der Waals surface area contributed by atoms with Crippen molar-refractivity contribution in [2.45, 2.75) is 6.54 Å². The van der Waals surface area contributed by atoms with Gasteiger partial charge in [-0.05, 0) is 12.1 Å². The minimum absolute atomic E-state index is 0.217. The van der Waals surface area contributed by atoms with Crippen molar-refractivity contribution in [1.29, 1.82) is 0 Å². The van der Waals surface area contributed by atoms with Gasteiger partial charge in [-0.15, -0.1) is 0 Å². The van der Waals surface area contributed by atoms with Crippen LogP contribution >= 0.6 is 11.6 Å². The molecule has 0 bridgehead atoms. The molecule has 0 unspecified atom stereocenters. The van der Waals surface area contributed by atoms with Gasteiger partial charge in [-0.3, -0.25) is 4.79 Å². The Balaban J connectivity index is 2.55. The maximum absolute atomic E-state index is 11.3. The van der Waals surface area contributed by atoms with E-state index < -0.39 is 0 Å². The first-order chi connectivity index (χ1) is 7.69. The lowest BCUT2D eigenvalue weighted by Gasteiger charge is -2.03. The van der Waals surface area contributed by atoms with Gasteiger partial charge in [0.15, 0.2) is 0 Å². The maximum atomic E-state index is 11.3. The predicted octanol–water partition coefficient (Wildman–Crippen LogP) is 1.55. The van der Waals surface area contributed by atoms with Gasteiger partial charge in [-0.1, -0.05) is 23.7 Å². The van der Waals surface area contributed by atoms with E-state index in [2.05, 4.69) is 9.97 Å². The van der Waals surface area contributed by atoms with Crippen LogP contribution in [0.1, 0.15) is 5.69 Å². The molecule has 0 saturated heterocycles. The number of benzene rings is 1. The molecule has 0 spiro atoms. The molecule has 4 nitrogen and oxygen atoms in total. The van der Waals surface area contributed by atoms with Gasteiger partial charge in [-0.25, -0.2) is 4.98 Å². The molecule has 0 aliphatic carbocycles. The number of rotatable bonds is 2. The second-order valence-corrected chi connectivity index (χ2v) is 3.74. The predicted molar refractivity (Wildman–Crippen MR) is 63.2 cm³/mol. The van der Waals surface area contributed by atoms with Crippen LogP contribution in [-0.4, -0.2) is 9.97 Å². The van der Waals surface area contributed by atoms with Crippen molar-refractivity contribution in [3.63, 3.8) is 0 Å². The summed E-state index contributed by atoms with van der Waals surface area (Å²) in [5, 5.41) is 0.596. The summed E-state index contributed by atoms with van der Waals surface area (Å²) in [6, 6.07) is 8.50. The molecule has 0 radical (unpaired) electrons. The van der Waals surface area contributed by atoms with Crippen LogP contribution in [0.4, 0.5) is 0 Å². The minimum atomic E-state index is -0.217. The van der Waals surface area contributed by atoms with Crippen molar-refractivity contribution in [2.24, 2.45) is 5.73 Å². The average Bonchev–Trinajstić information content (AvgIpc) is 2.28. The zero-order valence-corrected chi connectivity index (χ0v) is 9.16. The summed E-state index contributed by atoms with van der Waals surface area (Å²) in [4.78, 5) is 18.2. The van der Waals surface area contributed by atoms with E-state index in [4.69, 9.17) is 17.3 Å². The molecule has 16 heavy (non-hydrogen) atoms. The van der Waals surface area contributed by atoms with Gasteiger partial charge in [0.2, 0.25) is 0 Å². The van der Waals surface area contributed by atoms with Crippen molar-refractivity contribution in [3.05, 3.63) is 51.4 Å². The lowest BCUT2D eigenvalue weighted by molar-refractivity contribution is 0.956. The van der Waals surface area contributed by atoms with Crippen LogP contribution < -0.4 is 11.3 Å². The van der Waals surface area contributed by atoms with Crippen LogP contribution in [0.15, 0.2) is 35.1 Å². The standard InChI is InChI=1S/C11H10ClN3O/c12-8-3-1-2-7(4-8)11-14-9(6-13)5-10(16)15-11/h1-5H,6,13H2,(H,14,15,16). The van der Waals surface area contributed by atoms with Crippen molar-refractivity contribution >= 4 is 11.6 Å². The largest absolute Gasteiger partial charge is 0.325 e. The molecular weight excluding hydrogens is 226 g/mol. The monoisotopic (exact) mass is 235 g/mol. The Kier molecular flexibility index (Phi) is 3.03. The van der Waals surface area contributed by atoms with Gasteiger partial charge >= 0.3 is 0 Å². The number of hydrogen-bond donors (Lipinski definition) is 2. The fraction of sp³-hybridized carbons (Fsp3) is 0.0909. The van der Waals surface area contributed by atoms with Crippen LogP contribution in [0.25, 0.3) is 11.4 Å². The number of aromatic amines is 1. The summed E-state index contributed by atoms with van der Waals surface area (Å²) in [5.41, 5.74) is 6.56. The van der Waals surface area contributed by atoms with Crippen molar-refractivity contribution in [2.75, 3.05) is 0 Å². The van der Waals surface area contributed by atoms with Crippen LogP contribution in [0.5, 0.6) is 0 Å². The van der Waals surface area contributed by atoms with E-state index >= 15 is 0 Å². The molecular formula is C11H10ClN3O. The molecule has 0 aliphatic rings. The van der Waals surface area contributed by atoms with Gasteiger partial charge in [0.05, 0.1) is 5.69 Å². The molecule has 0 aliphatic heterocycles. The van der Waals surface area contributed by atoms with E-state index in [9.17, 15) is 4.79 Å². The molecule has 3 N–H and O–H groups in total. The first kappa shape index (κ1) is 10.9. The van der Waals surface area contributed by atoms with Gasteiger partial charge in [-0.2, -0.15) is 0 Å². The lowest BCUT2D eigenvalue weighted by atomic mass is 10.2. The third-order valence-corrected chi connectivity index (χ3v) is 2.34. The molecule has 0 saturated carbocycles. The van der Waals surface area contributed by atoms with Crippen molar-refractivity contribution in [3.8, 4) is 11.4 Å². The Morgan fingerprint density at radius 1 is 1.38 bits per heavy atom. The van der Waals surface area contributed by atoms with Gasteiger partial charge in [0.25, 0.3) is 5.56 Å². The highest BCUT2D eigenvalue weighted by molar-refractivity contribution is 6.30. The molecule has 5 heteroatoms. The number of hydrogen-bond acceptors (Lipinski definition) is 3. The fourth-order valence-corrected chi connectivity index (χ4v) is 1.58. The fourth-order valence-electron chi connectivity index (χ4n) is 1.39. The van der Waals surface area contributed by atoms with E-state index in [1.165, 1.54) is 6.07 Å². The highest BCUT2D eigenvalue weighted by atomic mass is 35.5. The zero-order chi connectivity index (χ0) is 11.5. The second kappa shape index (κ2) is 4.47. The SMILES string of the molecule is NCc1cc(=O)[nH]c(-c2cccc(Cl)c2)n1. The Bertz CT molecular complexity index is 565. The second-order valence-electron chi connectivity index (χ2n) is 3.30. The number of nitrogens with zero attached hydrogens (tertiary/aromatic N) is 1. The van der Waals surface area contributed by atoms with E-state index in [1.54, 1.807) is 18.2 Å². The topological polar surface area (TPSA) is 71.8 Å². The molecule has 2 rings (SSSR count). The molecule has 1 aromatic carbocycles. The van der Waals surface area contributed by atoms with Crippen molar-refractivity contribution in [1.82, 2.24) is 9.97 Å². The Morgan fingerprint density at radius 2 is 2.19 bits per heavy atom. The smallest absolute Gasteiger partial charge is 0.251 e. The van der Waals surface area contributed by atoms with Crippen LogP contribution in [-0.2, 0) is 6.54 Å². The number of aromatic nitrogens is 2. The minimum Gasteiger partial charge on any atom is -0.325 e. The van der Waals surface area contributed by atoms with Gasteiger partial charge in [0, 0.05) is 23.2 Å². The van der Waals surface area contributed by atoms with Crippen LogP contribution in [0.3, 0.4) is 0 Å². The summed E-state index contributed by atoms with van der Waals surface area (Å²) in [5.74, 6) is 0.482. The third-order valence-electron chi connectivity index (χ3n) is 2.10. The zero-order valence-electron chi connectivity index (χ0n) is 8.40. The Morgan fingerprint density at radius 3 is 2.88 bits per heavy atom. The normalized spacial score (nSPS) is 10.4. The number of nitrogens with one attached hydrogen (secondary N) is 1. The Labute approximate surface area is 97.1 Å². The van der Waals surface area contributed by atoms with Crippen LogP contribution in [0, 0.1) is 0 Å². The first-order valence-electron chi connectivity index (χ1n) is 4.75. The molecule has 0 atom stereocenters. The summed E-state index contributed by atoms with van der Waals surface area (Å²) >= 11 is 5.86. The van der Waals surface area contributed by atoms with Gasteiger partial charge < -0.3 is 10.7 Å². The van der Waals surface area contributed by atoms with Crippen molar-refractivity contribution < 1.29 is 0 Å². The van der Waals surface area contributed by atoms with Gasteiger partial charge in [0.1, 0.15) is 5.82 Å². The summed E-state index contributed by atoms with van der Waals surface area (Å²) in [7, 11) is 0. The number of H-pyrrole nitrogens is 1. The third kappa shape index (κ3) is 2.29. The molecule has 0 amide bonds. The quantitative estimate of drug-likeness (QED) is 0.830. The molecule has 82 valence electrons. The van der Waals surface area contributed by atoms with E-state index in [0.717, 1.165) is 5.56 Å². The van der Waals surface area contributed by atoms with E-state index in [0.29, 0.717) is 16.5 Å². The first-order valence-corrected chi connectivity index (χ1v) is 5.13. The number of nitrogens with two attached hydrogens (primary N) is 1. The average molecular weight is 236 g/mol. The molecule has 0 fully saturated rings. The van der Waals surface area contributed by atoms with Crippen LogP contribution in [0.2, 0.25) is 5.02 Å². The van der Waals surface area contributed by atoms with E-state index in [1.807, 2.05) is 6.07 Å². The van der Waals surface area contributed by atoms with E-state index in [-0.39, 0.29) is 12.1 Å². The lowest BCUT2D eigenvalue weighted by Crippen LogP contribution is -2.12.